The summed E-state index contributed by atoms with van der Waals surface area (Å²) in [6.07, 6.45) is -2.51. The SMILES string of the molecule is CC(=O)CC1CCCCN1C(=O)C(F)(F)C(F)F. The second-order valence-electron chi connectivity index (χ2n) is 4.48. The van der Waals surface area contributed by atoms with Crippen LogP contribution >= 0.6 is 0 Å². The lowest BCUT2D eigenvalue weighted by atomic mass is 9.97. The van der Waals surface area contributed by atoms with Gasteiger partial charge in [0.15, 0.2) is 0 Å². The van der Waals surface area contributed by atoms with Crippen LogP contribution in [0.5, 0.6) is 0 Å². The van der Waals surface area contributed by atoms with E-state index in [4.69, 9.17) is 0 Å². The van der Waals surface area contributed by atoms with Crippen LogP contribution in [0.4, 0.5) is 17.6 Å². The standard InChI is InChI=1S/C11H15F4NO2/c1-7(17)6-8-4-2-3-5-16(8)10(18)11(14,15)9(12)13/h8-9H,2-6H2,1H3. The third kappa shape index (κ3) is 3.20. The van der Waals surface area contributed by atoms with Gasteiger partial charge in [-0.25, -0.2) is 8.78 Å². The minimum atomic E-state index is -4.67. The molecule has 1 fully saturated rings. The van der Waals surface area contributed by atoms with Gasteiger partial charge in [0.2, 0.25) is 0 Å². The van der Waals surface area contributed by atoms with Gasteiger partial charge in [0.05, 0.1) is 0 Å². The average molecular weight is 269 g/mol. The molecule has 1 saturated heterocycles. The van der Waals surface area contributed by atoms with E-state index >= 15 is 0 Å². The number of alkyl halides is 4. The van der Waals surface area contributed by atoms with Crippen LogP contribution in [0.3, 0.4) is 0 Å². The Morgan fingerprint density at radius 3 is 2.44 bits per heavy atom. The molecule has 7 heteroatoms. The number of carbonyl (C=O) groups excluding carboxylic acids is 2. The Bertz CT molecular complexity index is 333. The minimum Gasteiger partial charge on any atom is -0.334 e. The number of piperidine rings is 1. The van der Waals surface area contributed by atoms with Crippen molar-refractivity contribution >= 4 is 11.7 Å². The second kappa shape index (κ2) is 5.67. The van der Waals surface area contributed by atoms with Gasteiger partial charge >= 0.3 is 12.3 Å². The van der Waals surface area contributed by atoms with E-state index in [0.29, 0.717) is 19.3 Å². The summed E-state index contributed by atoms with van der Waals surface area (Å²) in [5.41, 5.74) is 0. The van der Waals surface area contributed by atoms with Crippen molar-refractivity contribution in [3.63, 3.8) is 0 Å². The third-order valence-corrected chi connectivity index (χ3v) is 2.97. The highest BCUT2D eigenvalue weighted by atomic mass is 19.3. The van der Waals surface area contributed by atoms with Crippen LogP contribution in [0.2, 0.25) is 0 Å². The zero-order chi connectivity index (χ0) is 13.9. The molecule has 0 saturated carbocycles. The summed E-state index contributed by atoms with van der Waals surface area (Å²) in [4.78, 5) is 23.2. The van der Waals surface area contributed by atoms with E-state index in [9.17, 15) is 27.2 Å². The fourth-order valence-electron chi connectivity index (χ4n) is 2.10. The van der Waals surface area contributed by atoms with Crippen molar-refractivity contribution in [1.29, 1.82) is 0 Å². The number of amides is 1. The number of hydrogen-bond acceptors (Lipinski definition) is 2. The van der Waals surface area contributed by atoms with Gasteiger partial charge in [-0.15, -0.1) is 0 Å². The lowest BCUT2D eigenvalue weighted by Crippen LogP contribution is -2.53. The minimum absolute atomic E-state index is 0.000903. The lowest BCUT2D eigenvalue weighted by Gasteiger charge is -2.37. The Hall–Kier alpha value is -1.14. The van der Waals surface area contributed by atoms with Gasteiger partial charge in [-0.1, -0.05) is 0 Å². The van der Waals surface area contributed by atoms with Crippen LogP contribution in [0.15, 0.2) is 0 Å². The molecule has 18 heavy (non-hydrogen) atoms. The first-order valence-electron chi connectivity index (χ1n) is 5.73. The van der Waals surface area contributed by atoms with E-state index < -0.39 is 24.3 Å². The molecule has 104 valence electrons. The quantitative estimate of drug-likeness (QED) is 0.734. The molecule has 1 aliphatic heterocycles. The number of Topliss-reactive ketones (excluding diaryl/α,β-unsaturated/α-hetero) is 1. The molecule has 3 nitrogen and oxygen atoms in total. The Balaban J connectivity index is 2.83. The first-order chi connectivity index (χ1) is 8.26. The van der Waals surface area contributed by atoms with E-state index in [1.807, 2.05) is 0 Å². The fraction of sp³-hybridized carbons (Fsp3) is 0.818. The van der Waals surface area contributed by atoms with Crippen LogP contribution in [0, 0.1) is 0 Å². The van der Waals surface area contributed by atoms with Crippen LogP contribution < -0.4 is 0 Å². The maximum absolute atomic E-state index is 13.0. The van der Waals surface area contributed by atoms with Crippen molar-refractivity contribution in [1.82, 2.24) is 4.90 Å². The molecule has 1 heterocycles. The number of ketones is 1. The maximum Gasteiger partial charge on any atom is 0.383 e. The Morgan fingerprint density at radius 2 is 1.94 bits per heavy atom. The monoisotopic (exact) mass is 269 g/mol. The van der Waals surface area contributed by atoms with Crippen LogP contribution in [0.1, 0.15) is 32.6 Å². The molecule has 0 spiro atoms. The Labute approximate surface area is 102 Å². The molecule has 1 unspecified atom stereocenters. The number of carbonyl (C=O) groups is 2. The van der Waals surface area contributed by atoms with Gasteiger partial charge in [0, 0.05) is 19.0 Å². The van der Waals surface area contributed by atoms with Crippen molar-refractivity contribution < 1.29 is 27.2 Å². The zero-order valence-corrected chi connectivity index (χ0v) is 9.97. The van der Waals surface area contributed by atoms with Gasteiger partial charge in [-0.05, 0) is 26.2 Å². The second-order valence-corrected chi connectivity index (χ2v) is 4.48. The van der Waals surface area contributed by atoms with Crippen molar-refractivity contribution in [2.45, 2.75) is 51.0 Å². The topological polar surface area (TPSA) is 37.4 Å². The third-order valence-electron chi connectivity index (χ3n) is 2.97. The molecule has 1 amide bonds. The summed E-state index contributed by atoms with van der Waals surface area (Å²) in [6.45, 7) is 1.28. The molecule has 0 N–H and O–H groups in total. The first kappa shape index (κ1) is 14.9. The Morgan fingerprint density at radius 1 is 1.33 bits per heavy atom. The summed E-state index contributed by atoms with van der Waals surface area (Å²) >= 11 is 0. The van der Waals surface area contributed by atoms with Crippen molar-refractivity contribution in [2.24, 2.45) is 0 Å². The molecule has 0 aromatic heterocycles. The summed E-state index contributed by atoms with van der Waals surface area (Å²) in [5, 5.41) is 0. The number of halogens is 4. The van der Waals surface area contributed by atoms with Gasteiger partial charge < -0.3 is 4.90 Å². The van der Waals surface area contributed by atoms with E-state index in [-0.39, 0.29) is 18.7 Å². The van der Waals surface area contributed by atoms with Crippen LogP contribution in [-0.2, 0) is 9.59 Å². The number of rotatable bonds is 4. The van der Waals surface area contributed by atoms with Crippen molar-refractivity contribution in [2.75, 3.05) is 6.54 Å². The molecule has 0 bridgehead atoms. The smallest absolute Gasteiger partial charge is 0.334 e. The molecular weight excluding hydrogens is 254 g/mol. The lowest BCUT2D eigenvalue weighted by molar-refractivity contribution is -0.184. The Kier molecular flexibility index (Phi) is 4.70. The number of likely N-dealkylation sites (tertiary alicyclic amines) is 1. The number of nitrogens with zero attached hydrogens (tertiary/aromatic N) is 1. The predicted molar refractivity (Wildman–Crippen MR) is 55.6 cm³/mol. The van der Waals surface area contributed by atoms with Gasteiger partial charge in [-0.2, -0.15) is 8.78 Å². The van der Waals surface area contributed by atoms with Gasteiger partial charge in [0.1, 0.15) is 5.78 Å². The summed E-state index contributed by atoms with van der Waals surface area (Å²) in [5.74, 6) is -6.80. The molecular formula is C11H15F4NO2. The molecule has 0 aromatic carbocycles. The van der Waals surface area contributed by atoms with E-state index in [1.165, 1.54) is 6.92 Å². The fourth-order valence-corrected chi connectivity index (χ4v) is 2.10. The summed E-state index contributed by atoms with van der Waals surface area (Å²) in [7, 11) is 0. The maximum atomic E-state index is 13.0. The van der Waals surface area contributed by atoms with Crippen molar-refractivity contribution in [3.05, 3.63) is 0 Å². The first-order valence-corrected chi connectivity index (χ1v) is 5.73. The van der Waals surface area contributed by atoms with Gasteiger partial charge in [0.25, 0.3) is 5.91 Å². The zero-order valence-electron chi connectivity index (χ0n) is 9.97. The van der Waals surface area contributed by atoms with Gasteiger partial charge in [-0.3, -0.25) is 9.59 Å². The van der Waals surface area contributed by atoms with E-state index in [0.717, 1.165) is 4.90 Å². The highest BCUT2D eigenvalue weighted by Crippen LogP contribution is 2.30. The highest BCUT2D eigenvalue weighted by molar-refractivity contribution is 5.85. The normalized spacial score (nSPS) is 21.2. The highest BCUT2D eigenvalue weighted by Gasteiger charge is 2.52. The van der Waals surface area contributed by atoms with Crippen molar-refractivity contribution in [3.8, 4) is 0 Å². The van der Waals surface area contributed by atoms with E-state index in [2.05, 4.69) is 0 Å². The molecule has 0 radical (unpaired) electrons. The molecule has 1 aliphatic rings. The van der Waals surface area contributed by atoms with Crippen LogP contribution in [0.25, 0.3) is 0 Å². The number of hydrogen-bond donors (Lipinski definition) is 0. The molecule has 1 rings (SSSR count). The summed E-state index contributed by atoms with van der Waals surface area (Å²) < 4.78 is 50.3. The summed E-state index contributed by atoms with van der Waals surface area (Å²) in [6, 6.07) is -0.687. The predicted octanol–water partition coefficient (Wildman–Crippen LogP) is 2.25. The molecule has 0 aromatic rings. The van der Waals surface area contributed by atoms with E-state index in [1.54, 1.807) is 0 Å². The molecule has 1 atom stereocenters. The average Bonchev–Trinajstić information content (AvgIpc) is 2.27. The largest absolute Gasteiger partial charge is 0.383 e. The van der Waals surface area contributed by atoms with Crippen LogP contribution in [-0.4, -0.2) is 41.5 Å². The molecule has 0 aliphatic carbocycles.